The van der Waals surface area contributed by atoms with E-state index >= 15 is 0 Å². The molecule has 3 heterocycles. The smallest absolute Gasteiger partial charge is 0.251 e. The number of aromatic nitrogens is 1. The molecule has 0 spiro atoms. The van der Waals surface area contributed by atoms with Crippen LogP contribution in [0.25, 0.3) is 10.9 Å². The number of amides is 1. The molecule has 2 atom stereocenters. The van der Waals surface area contributed by atoms with Gasteiger partial charge < -0.3 is 14.8 Å². The summed E-state index contributed by atoms with van der Waals surface area (Å²) in [5.41, 5.74) is 3.21. The molecule has 4 nitrogen and oxygen atoms in total. The van der Waals surface area contributed by atoms with E-state index in [4.69, 9.17) is 0 Å². The van der Waals surface area contributed by atoms with Crippen molar-refractivity contribution >= 4 is 16.8 Å². The topological polar surface area (TPSA) is 37.3 Å². The molecule has 5 rings (SSSR count). The van der Waals surface area contributed by atoms with Crippen LogP contribution in [0.3, 0.4) is 0 Å². The minimum atomic E-state index is 0.0562. The number of fused-ring (bicyclic) bond motifs is 2. The van der Waals surface area contributed by atoms with Gasteiger partial charge >= 0.3 is 0 Å². The fraction of sp³-hybridized carbons (Fsp3) is 0.423. The minimum Gasteiger partial charge on any atom is -0.352 e. The number of benzene rings is 2. The lowest BCUT2D eigenvalue weighted by atomic mass is 9.83. The van der Waals surface area contributed by atoms with Crippen molar-refractivity contribution in [3.8, 4) is 0 Å². The first-order valence-corrected chi connectivity index (χ1v) is 11.4. The van der Waals surface area contributed by atoms with Gasteiger partial charge in [-0.1, -0.05) is 36.8 Å². The van der Waals surface area contributed by atoms with Gasteiger partial charge in [0.25, 0.3) is 5.91 Å². The van der Waals surface area contributed by atoms with Crippen LogP contribution < -0.4 is 5.32 Å². The Morgan fingerprint density at radius 2 is 1.83 bits per heavy atom. The fourth-order valence-corrected chi connectivity index (χ4v) is 5.40. The van der Waals surface area contributed by atoms with Crippen LogP contribution >= 0.6 is 0 Å². The van der Waals surface area contributed by atoms with Crippen LogP contribution in [0.1, 0.15) is 48.0 Å². The summed E-state index contributed by atoms with van der Waals surface area (Å²) < 4.78 is 2.24. The van der Waals surface area contributed by atoms with E-state index in [0.29, 0.717) is 12.0 Å². The van der Waals surface area contributed by atoms with Crippen LogP contribution in [0, 0.1) is 5.92 Å². The van der Waals surface area contributed by atoms with Gasteiger partial charge in [0.1, 0.15) is 0 Å². The quantitative estimate of drug-likeness (QED) is 0.674. The number of piperidine rings is 2. The molecule has 3 aromatic rings. The molecule has 30 heavy (non-hydrogen) atoms. The first-order chi connectivity index (χ1) is 14.8. The molecule has 2 saturated heterocycles. The zero-order chi connectivity index (χ0) is 20.3. The summed E-state index contributed by atoms with van der Waals surface area (Å²) in [5, 5.41) is 4.36. The van der Waals surface area contributed by atoms with Crippen LogP contribution in [0.15, 0.2) is 60.8 Å². The van der Waals surface area contributed by atoms with E-state index in [0.717, 1.165) is 24.0 Å². The van der Waals surface area contributed by atoms with Gasteiger partial charge in [0.05, 0.1) is 0 Å². The summed E-state index contributed by atoms with van der Waals surface area (Å²) >= 11 is 0. The lowest BCUT2D eigenvalue weighted by molar-refractivity contribution is 0.0575. The van der Waals surface area contributed by atoms with E-state index in [2.05, 4.69) is 57.4 Å². The molecule has 1 N–H and O–H groups in total. The summed E-state index contributed by atoms with van der Waals surface area (Å²) in [6.07, 6.45) is 8.57. The minimum absolute atomic E-state index is 0.0562. The second-order valence-electron chi connectivity index (χ2n) is 8.91. The Bertz CT molecular complexity index is 1010. The molecule has 2 fully saturated rings. The van der Waals surface area contributed by atoms with E-state index < -0.39 is 0 Å². The van der Waals surface area contributed by atoms with Gasteiger partial charge in [0, 0.05) is 41.8 Å². The molecule has 0 aliphatic carbocycles. The second kappa shape index (κ2) is 8.65. The lowest BCUT2D eigenvalue weighted by Crippen LogP contribution is -2.51. The predicted molar refractivity (Wildman–Crippen MR) is 122 cm³/mol. The summed E-state index contributed by atoms with van der Waals surface area (Å²) in [4.78, 5) is 15.5. The van der Waals surface area contributed by atoms with Crippen molar-refractivity contribution in [1.29, 1.82) is 0 Å². The normalized spacial score (nSPS) is 22.0. The van der Waals surface area contributed by atoms with Gasteiger partial charge in [-0.25, -0.2) is 0 Å². The second-order valence-corrected chi connectivity index (χ2v) is 8.91. The Morgan fingerprint density at radius 1 is 0.967 bits per heavy atom. The van der Waals surface area contributed by atoms with Gasteiger partial charge in [-0.05, 0) is 74.5 Å². The molecule has 2 aromatic carbocycles. The third kappa shape index (κ3) is 4.01. The van der Waals surface area contributed by atoms with Gasteiger partial charge in [0.2, 0.25) is 0 Å². The van der Waals surface area contributed by atoms with Crippen LogP contribution in [0.5, 0.6) is 0 Å². The summed E-state index contributed by atoms with van der Waals surface area (Å²) in [5.74, 6) is 0.652. The predicted octanol–water partition coefficient (Wildman–Crippen LogP) is 4.68. The van der Waals surface area contributed by atoms with Crippen molar-refractivity contribution in [2.24, 2.45) is 5.92 Å². The van der Waals surface area contributed by atoms with E-state index in [1.807, 2.05) is 18.2 Å². The molecule has 0 radical (unpaired) electrons. The standard InChI is InChI=1S/C26H31N3O/c30-26(27-18-23-9-6-15-28-14-5-4-10-24(23)28)22-11-12-25-21(17-22)13-16-29(25)19-20-7-2-1-3-8-20/h1-3,7-8,11-13,16-17,23-24H,4-6,9-10,14-15,18-19H2,(H,27,30)/t23-,24-/m1/s1. The van der Waals surface area contributed by atoms with Crippen molar-refractivity contribution in [3.63, 3.8) is 0 Å². The summed E-state index contributed by atoms with van der Waals surface area (Å²) in [6.45, 7) is 4.13. The highest BCUT2D eigenvalue weighted by Gasteiger charge is 2.32. The SMILES string of the molecule is O=C(NC[C@H]1CCCN2CCCC[C@H]12)c1ccc2c(ccn2Cc2ccccc2)c1. The largest absolute Gasteiger partial charge is 0.352 e. The maximum Gasteiger partial charge on any atom is 0.251 e. The van der Waals surface area contributed by atoms with Crippen LogP contribution in [-0.2, 0) is 6.54 Å². The number of nitrogens with zero attached hydrogens (tertiary/aromatic N) is 2. The molecule has 0 saturated carbocycles. The number of rotatable bonds is 5. The van der Waals surface area contributed by atoms with Crippen molar-refractivity contribution in [2.75, 3.05) is 19.6 Å². The molecule has 2 aliphatic heterocycles. The molecular formula is C26H31N3O. The maximum atomic E-state index is 12.9. The number of hydrogen-bond donors (Lipinski definition) is 1. The molecule has 0 bridgehead atoms. The monoisotopic (exact) mass is 401 g/mol. The molecule has 2 aliphatic rings. The third-order valence-corrected chi connectivity index (χ3v) is 6.98. The van der Waals surface area contributed by atoms with E-state index in [-0.39, 0.29) is 5.91 Å². The highest BCUT2D eigenvalue weighted by atomic mass is 16.1. The average Bonchev–Trinajstić information content (AvgIpc) is 3.20. The highest BCUT2D eigenvalue weighted by molar-refractivity contribution is 5.98. The number of carbonyl (C=O) groups is 1. The zero-order valence-corrected chi connectivity index (χ0v) is 17.6. The van der Waals surface area contributed by atoms with Crippen LogP contribution in [-0.4, -0.2) is 41.1 Å². The summed E-state index contributed by atoms with van der Waals surface area (Å²) in [7, 11) is 0. The number of hydrogen-bond acceptors (Lipinski definition) is 2. The van der Waals surface area contributed by atoms with Crippen molar-refractivity contribution in [3.05, 3.63) is 71.9 Å². The Hall–Kier alpha value is -2.59. The van der Waals surface area contributed by atoms with E-state index in [1.165, 1.54) is 56.3 Å². The Balaban J connectivity index is 1.25. The lowest BCUT2D eigenvalue weighted by Gasteiger charge is -2.44. The average molecular weight is 402 g/mol. The van der Waals surface area contributed by atoms with E-state index in [9.17, 15) is 4.79 Å². The van der Waals surface area contributed by atoms with Crippen molar-refractivity contribution < 1.29 is 4.79 Å². The molecule has 4 heteroatoms. The first-order valence-electron chi connectivity index (χ1n) is 11.4. The highest BCUT2D eigenvalue weighted by Crippen LogP contribution is 2.30. The fourth-order valence-electron chi connectivity index (χ4n) is 5.40. The number of carbonyl (C=O) groups excluding carboxylic acids is 1. The Labute approximate surface area is 178 Å². The third-order valence-electron chi connectivity index (χ3n) is 6.98. The maximum absolute atomic E-state index is 12.9. The molecule has 1 amide bonds. The Kier molecular flexibility index (Phi) is 5.58. The molecular weight excluding hydrogens is 370 g/mol. The van der Waals surface area contributed by atoms with Gasteiger partial charge in [-0.3, -0.25) is 4.79 Å². The van der Waals surface area contributed by atoms with E-state index in [1.54, 1.807) is 0 Å². The first kappa shape index (κ1) is 19.4. The van der Waals surface area contributed by atoms with Gasteiger partial charge in [0.15, 0.2) is 0 Å². The molecule has 1 aromatic heterocycles. The van der Waals surface area contributed by atoms with Crippen LogP contribution in [0.4, 0.5) is 0 Å². The van der Waals surface area contributed by atoms with Crippen molar-refractivity contribution in [1.82, 2.24) is 14.8 Å². The molecule has 0 unspecified atom stereocenters. The van der Waals surface area contributed by atoms with Gasteiger partial charge in [-0.15, -0.1) is 0 Å². The zero-order valence-electron chi connectivity index (χ0n) is 17.6. The summed E-state index contributed by atoms with van der Waals surface area (Å²) in [6, 6.07) is 19.3. The molecule has 156 valence electrons. The number of nitrogens with one attached hydrogen (secondary N) is 1. The Morgan fingerprint density at radius 3 is 2.73 bits per heavy atom. The van der Waals surface area contributed by atoms with Crippen LogP contribution in [0.2, 0.25) is 0 Å². The van der Waals surface area contributed by atoms with Gasteiger partial charge in [-0.2, -0.15) is 0 Å². The van der Waals surface area contributed by atoms with Crippen molar-refractivity contribution in [2.45, 2.75) is 44.7 Å².